The molecule has 390 valence electrons. The van der Waals surface area contributed by atoms with Crippen molar-refractivity contribution in [2.24, 2.45) is 11.8 Å². The number of para-hydroxylation sites is 1. The third kappa shape index (κ3) is 22.7. The van der Waals surface area contributed by atoms with Crippen LogP contribution in [0.3, 0.4) is 0 Å². The number of rotatable bonds is 38. The number of aromatic nitrogens is 1. The molecule has 0 aliphatic heterocycles. The number of alkyl halides is 1. The molecule has 1 fully saturated rings. The highest BCUT2D eigenvalue weighted by molar-refractivity contribution is 6.17. The summed E-state index contributed by atoms with van der Waals surface area (Å²) in [6.45, 7) is 9.52. The van der Waals surface area contributed by atoms with Gasteiger partial charge in [-0.2, -0.15) is 0 Å². The maximum atomic E-state index is 13.9. The predicted octanol–water partition coefficient (Wildman–Crippen LogP) is 9.23. The standard InChI is InChI=1S/C54H81ClN4O11/c1-3-43-17-15-19-47(39-43)58(4-2)51(61)42-59-48-20-10-9-18-46(48)41-49(59)50(60)40-44-22-24-45(25-23-44)53(63)56-27-12-6-7-13-28-57-54(64)70-38-36-68-34-33-67-35-37-69-52(62)21-16-30-66-32-31-65-29-14-8-5-11-26-55/h9-10,15,17-20,39,41,44-45H,3-8,11-14,16,21-38,40,42H2,1-2H3,(H,56,63)(H,57,64). The Bertz CT molecular complexity index is 1970. The van der Waals surface area contributed by atoms with Crippen LogP contribution in [-0.4, -0.2) is 126 Å². The minimum atomic E-state index is -0.489. The number of halogens is 1. The number of hydrogen-bond acceptors (Lipinski definition) is 11. The molecule has 2 N–H and O–H groups in total. The molecule has 0 radical (unpaired) electrons. The number of nitrogens with zero attached hydrogens (tertiary/aromatic N) is 2. The van der Waals surface area contributed by atoms with E-state index in [2.05, 4.69) is 29.7 Å². The van der Waals surface area contributed by atoms with E-state index in [4.69, 9.17) is 40.0 Å². The molecule has 0 bridgehead atoms. The lowest BCUT2D eigenvalue weighted by Crippen LogP contribution is -2.35. The van der Waals surface area contributed by atoms with Gasteiger partial charge in [-0.1, -0.05) is 62.9 Å². The number of hydrogen-bond donors (Lipinski definition) is 2. The molecule has 2 aromatic carbocycles. The molecule has 3 aromatic rings. The lowest BCUT2D eigenvalue weighted by Gasteiger charge is -2.27. The van der Waals surface area contributed by atoms with Crippen molar-refractivity contribution in [3.05, 3.63) is 65.9 Å². The first-order chi connectivity index (χ1) is 34.2. The van der Waals surface area contributed by atoms with Gasteiger partial charge in [0, 0.05) is 74.1 Å². The number of amides is 3. The second-order valence-electron chi connectivity index (χ2n) is 17.8. The van der Waals surface area contributed by atoms with Crippen LogP contribution >= 0.6 is 11.6 Å². The number of ketones is 1. The van der Waals surface area contributed by atoms with Crippen LogP contribution in [0.2, 0.25) is 0 Å². The molecular formula is C54H81ClN4O11. The van der Waals surface area contributed by atoms with E-state index in [1.165, 1.54) is 5.56 Å². The average Bonchev–Trinajstić information content (AvgIpc) is 3.74. The second kappa shape index (κ2) is 35.5. The molecule has 4 rings (SSSR count). The summed E-state index contributed by atoms with van der Waals surface area (Å²) in [6, 6.07) is 17.8. The summed E-state index contributed by atoms with van der Waals surface area (Å²) in [6.07, 6.45) is 12.6. The lowest BCUT2D eigenvalue weighted by atomic mass is 9.79. The van der Waals surface area contributed by atoms with Crippen molar-refractivity contribution in [2.45, 2.75) is 123 Å². The largest absolute Gasteiger partial charge is 0.463 e. The van der Waals surface area contributed by atoms with E-state index in [-0.39, 0.29) is 74.8 Å². The fourth-order valence-corrected chi connectivity index (χ4v) is 8.76. The van der Waals surface area contributed by atoms with E-state index < -0.39 is 6.09 Å². The number of alkyl carbamates (subject to hydrolysis) is 1. The Labute approximate surface area is 421 Å². The first-order valence-corrected chi connectivity index (χ1v) is 26.5. The zero-order valence-corrected chi connectivity index (χ0v) is 42.8. The second-order valence-corrected chi connectivity index (χ2v) is 18.2. The van der Waals surface area contributed by atoms with Gasteiger partial charge in [0.2, 0.25) is 11.8 Å². The average molecular weight is 998 g/mol. The first kappa shape index (κ1) is 58.0. The summed E-state index contributed by atoms with van der Waals surface area (Å²) in [5.74, 6) is 0.620. The van der Waals surface area contributed by atoms with Crippen molar-refractivity contribution < 1.29 is 52.4 Å². The Morgan fingerprint density at radius 3 is 1.99 bits per heavy atom. The molecule has 1 saturated carbocycles. The van der Waals surface area contributed by atoms with Crippen LogP contribution in [0.15, 0.2) is 54.6 Å². The number of esters is 1. The van der Waals surface area contributed by atoms with Crippen LogP contribution < -0.4 is 15.5 Å². The molecule has 15 nitrogen and oxygen atoms in total. The van der Waals surface area contributed by atoms with Gasteiger partial charge in [-0.15, -0.1) is 11.6 Å². The maximum Gasteiger partial charge on any atom is 0.407 e. The fourth-order valence-electron chi connectivity index (χ4n) is 8.57. The third-order valence-corrected chi connectivity index (χ3v) is 12.8. The van der Waals surface area contributed by atoms with Crippen LogP contribution in [0.4, 0.5) is 10.5 Å². The number of aryl methyl sites for hydroxylation is 1. The molecular weight excluding hydrogens is 916 g/mol. The number of nitrogens with one attached hydrogen (secondary N) is 2. The van der Waals surface area contributed by atoms with E-state index in [1.54, 1.807) is 4.90 Å². The van der Waals surface area contributed by atoms with Crippen molar-refractivity contribution in [3.63, 3.8) is 0 Å². The third-order valence-electron chi connectivity index (χ3n) is 12.5. The van der Waals surface area contributed by atoms with Gasteiger partial charge in [0.25, 0.3) is 0 Å². The number of likely N-dealkylation sites (N-methyl/N-ethyl adjacent to an activating group) is 1. The number of unbranched alkanes of at least 4 members (excludes halogenated alkanes) is 6. The molecule has 0 atom stereocenters. The predicted molar refractivity (Wildman–Crippen MR) is 274 cm³/mol. The van der Waals surface area contributed by atoms with Gasteiger partial charge in [0.15, 0.2) is 5.78 Å². The summed E-state index contributed by atoms with van der Waals surface area (Å²) in [4.78, 5) is 66.3. The molecule has 0 saturated heterocycles. The molecule has 0 spiro atoms. The lowest BCUT2D eigenvalue weighted by molar-refractivity contribution is -0.145. The van der Waals surface area contributed by atoms with Crippen LogP contribution in [0.1, 0.15) is 126 Å². The van der Waals surface area contributed by atoms with Gasteiger partial charge < -0.3 is 48.5 Å². The monoisotopic (exact) mass is 997 g/mol. The molecule has 0 unspecified atom stereocenters. The van der Waals surface area contributed by atoms with Crippen molar-refractivity contribution in [1.29, 1.82) is 0 Å². The van der Waals surface area contributed by atoms with Crippen LogP contribution in [0, 0.1) is 11.8 Å². The van der Waals surface area contributed by atoms with Gasteiger partial charge >= 0.3 is 12.1 Å². The number of anilines is 1. The zero-order chi connectivity index (χ0) is 50.0. The molecule has 1 aromatic heterocycles. The Balaban J connectivity index is 0.947. The zero-order valence-electron chi connectivity index (χ0n) is 42.0. The molecule has 1 aliphatic rings. The molecule has 70 heavy (non-hydrogen) atoms. The Morgan fingerprint density at radius 1 is 0.657 bits per heavy atom. The Hall–Kier alpha value is -4.54. The van der Waals surface area contributed by atoms with Gasteiger partial charge in [-0.3, -0.25) is 19.2 Å². The van der Waals surface area contributed by atoms with Gasteiger partial charge in [-0.05, 0) is 107 Å². The Kier molecular flexibility index (Phi) is 29.5. The topological polar surface area (TPSA) is 173 Å². The van der Waals surface area contributed by atoms with E-state index >= 15 is 0 Å². The van der Waals surface area contributed by atoms with Crippen LogP contribution in [0.25, 0.3) is 10.9 Å². The summed E-state index contributed by atoms with van der Waals surface area (Å²) < 4.78 is 34.1. The van der Waals surface area contributed by atoms with Crippen molar-refractivity contribution in [2.75, 3.05) is 96.5 Å². The van der Waals surface area contributed by atoms with Gasteiger partial charge in [0.05, 0.1) is 45.3 Å². The number of Topliss-reactive ketones (excluding diaryl/α,β-unsaturated/α-hetero) is 1. The molecule has 3 amide bonds. The van der Waals surface area contributed by atoms with Crippen molar-refractivity contribution in [3.8, 4) is 0 Å². The smallest absolute Gasteiger partial charge is 0.407 e. The summed E-state index contributed by atoms with van der Waals surface area (Å²) >= 11 is 5.67. The number of carbonyl (C=O) groups excluding carboxylic acids is 5. The van der Waals surface area contributed by atoms with Crippen LogP contribution in [-0.2, 0) is 55.8 Å². The van der Waals surface area contributed by atoms with E-state index in [1.807, 2.05) is 54.0 Å². The summed E-state index contributed by atoms with van der Waals surface area (Å²) in [5, 5.41) is 6.80. The minimum absolute atomic E-state index is 0.0331. The molecule has 16 heteroatoms. The van der Waals surface area contributed by atoms with E-state index in [0.717, 1.165) is 107 Å². The van der Waals surface area contributed by atoms with Gasteiger partial charge in [0.1, 0.15) is 19.8 Å². The van der Waals surface area contributed by atoms with E-state index in [9.17, 15) is 24.0 Å². The summed E-state index contributed by atoms with van der Waals surface area (Å²) in [7, 11) is 0. The quantitative estimate of drug-likeness (QED) is 0.0243. The normalized spacial score (nSPS) is 14.6. The van der Waals surface area contributed by atoms with Crippen LogP contribution in [0.5, 0.6) is 0 Å². The minimum Gasteiger partial charge on any atom is -0.463 e. The first-order valence-electron chi connectivity index (χ1n) is 26.0. The van der Waals surface area contributed by atoms with Gasteiger partial charge in [-0.25, -0.2) is 4.79 Å². The number of benzene rings is 2. The van der Waals surface area contributed by atoms with E-state index in [0.29, 0.717) is 77.1 Å². The highest BCUT2D eigenvalue weighted by Gasteiger charge is 2.29. The van der Waals surface area contributed by atoms with Crippen molar-refractivity contribution in [1.82, 2.24) is 15.2 Å². The highest BCUT2D eigenvalue weighted by Crippen LogP contribution is 2.33. The highest BCUT2D eigenvalue weighted by atomic mass is 35.5. The molecule has 1 heterocycles. The Morgan fingerprint density at radius 2 is 1.29 bits per heavy atom. The summed E-state index contributed by atoms with van der Waals surface area (Å²) in [5.41, 5.74) is 3.46. The number of carbonyl (C=O) groups is 5. The molecule has 1 aliphatic carbocycles. The number of fused-ring (bicyclic) bond motifs is 1. The SMILES string of the molecule is CCc1cccc(N(CC)C(=O)Cn2c(C(=O)CC3CCC(C(=O)NCCCCCCNC(=O)OCCOCCOCCOC(=O)CCCOCCOCCCCCCCl)CC3)cc3ccccc32)c1. The van der Waals surface area contributed by atoms with Crippen molar-refractivity contribution >= 4 is 57.9 Å². The fraction of sp³-hybridized carbons (Fsp3) is 0.648. The maximum absolute atomic E-state index is 13.9. The number of ether oxygens (including phenoxy) is 6.